The van der Waals surface area contributed by atoms with Crippen LogP contribution in [-0.2, 0) is 5.60 Å². The zero-order valence-electron chi connectivity index (χ0n) is 10.9. The van der Waals surface area contributed by atoms with Crippen LogP contribution in [0.25, 0.3) is 5.57 Å². The topological polar surface area (TPSA) is 20.2 Å². The molecule has 0 fully saturated rings. The lowest BCUT2D eigenvalue weighted by Gasteiger charge is -2.22. The van der Waals surface area contributed by atoms with Gasteiger partial charge in [-0.15, -0.1) is 0 Å². The molecule has 0 atom stereocenters. The van der Waals surface area contributed by atoms with E-state index in [-0.39, 0.29) is 0 Å². The Hall–Kier alpha value is -1.86. The second kappa shape index (κ2) is 4.79. The van der Waals surface area contributed by atoms with E-state index in [0.29, 0.717) is 0 Å². The van der Waals surface area contributed by atoms with Gasteiger partial charge in [0.15, 0.2) is 0 Å². The van der Waals surface area contributed by atoms with Gasteiger partial charge in [0.25, 0.3) is 0 Å². The van der Waals surface area contributed by atoms with E-state index < -0.39 is 5.60 Å². The fraction of sp³-hybridized carbons (Fsp3) is 0.176. The molecule has 0 saturated heterocycles. The van der Waals surface area contributed by atoms with E-state index in [0.717, 1.165) is 22.3 Å². The van der Waals surface area contributed by atoms with Crippen molar-refractivity contribution in [1.82, 2.24) is 0 Å². The molecule has 0 saturated carbocycles. The van der Waals surface area contributed by atoms with Crippen LogP contribution in [0.1, 0.15) is 30.5 Å². The van der Waals surface area contributed by atoms with Gasteiger partial charge in [0, 0.05) is 0 Å². The molecule has 1 heteroatoms. The largest absolute Gasteiger partial charge is 0.386 e. The fourth-order valence-corrected chi connectivity index (χ4v) is 2.07. The fourth-order valence-electron chi connectivity index (χ4n) is 2.07. The monoisotopic (exact) mass is 238 g/mol. The minimum Gasteiger partial charge on any atom is -0.386 e. The van der Waals surface area contributed by atoms with Gasteiger partial charge in [0.05, 0.1) is 5.60 Å². The highest BCUT2D eigenvalue weighted by atomic mass is 16.3. The lowest BCUT2D eigenvalue weighted by atomic mass is 9.87. The molecule has 0 radical (unpaired) electrons. The van der Waals surface area contributed by atoms with E-state index in [4.69, 9.17) is 0 Å². The van der Waals surface area contributed by atoms with Crippen LogP contribution in [0, 0.1) is 0 Å². The van der Waals surface area contributed by atoms with Gasteiger partial charge in [-0.1, -0.05) is 61.2 Å². The van der Waals surface area contributed by atoms with Crippen LogP contribution in [0.5, 0.6) is 0 Å². The van der Waals surface area contributed by atoms with Gasteiger partial charge in [-0.2, -0.15) is 0 Å². The molecule has 2 rings (SSSR count). The van der Waals surface area contributed by atoms with Gasteiger partial charge in [-0.05, 0) is 36.1 Å². The third kappa shape index (κ3) is 2.52. The van der Waals surface area contributed by atoms with E-state index in [1.165, 1.54) is 0 Å². The molecule has 2 aromatic carbocycles. The number of hydrogen-bond donors (Lipinski definition) is 1. The van der Waals surface area contributed by atoms with Crippen LogP contribution in [0.2, 0.25) is 0 Å². The molecule has 0 heterocycles. The molecular formula is C17H18O. The highest BCUT2D eigenvalue weighted by Crippen LogP contribution is 2.30. The summed E-state index contributed by atoms with van der Waals surface area (Å²) in [6.07, 6.45) is 0. The number of aliphatic hydroxyl groups is 1. The predicted molar refractivity (Wildman–Crippen MR) is 76.3 cm³/mol. The highest BCUT2D eigenvalue weighted by molar-refractivity contribution is 5.80. The van der Waals surface area contributed by atoms with Gasteiger partial charge in [0.1, 0.15) is 0 Å². The number of hydrogen-bond acceptors (Lipinski definition) is 1. The third-order valence-corrected chi connectivity index (χ3v) is 3.03. The van der Waals surface area contributed by atoms with Crippen molar-refractivity contribution in [2.75, 3.05) is 0 Å². The van der Waals surface area contributed by atoms with E-state index >= 15 is 0 Å². The first-order valence-electron chi connectivity index (χ1n) is 6.07. The third-order valence-electron chi connectivity index (χ3n) is 3.03. The quantitative estimate of drug-likeness (QED) is 0.857. The summed E-state index contributed by atoms with van der Waals surface area (Å²) < 4.78 is 0. The average molecular weight is 238 g/mol. The summed E-state index contributed by atoms with van der Waals surface area (Å²) in [6, 6.07) is 17.9. The molecule has 0 bridgehead atoms. The molecule has 0 spiro atoms. The molecule has 0 aliphatic carbocycles. The van der Waals surface area contributed by atoms with Crippen LogP contribution in [0.15, 0.2) is 61.2 Å². The Morgan fingerprint density at radius 2 is 1.50 bits per heavy atom. The summed E-state index contributed by atoms with van der Waals surface area (Å²) in [5, 5.41) is 10.2. The zero-order chi connectivity index (χ0) is 13.2. The maximum absolute atomic E-state index is 10.2. The van der Waals surface area contributed by atoms with Crippen LogP contribution in [0.3, 0.4) is 0 Å². The van der Waals surface area contributed by atoms with E-state index in [2.05, 4.69) is 6.58 Å². The summed E-state index contributed by atoms with van der Waals surface area (Å²) in [4.78, 5) is 0. The van der Waals surface area contributed by atoms with Gasteiger partial charge in [-0.25, -0.2) is 0 Å². The molecule has 0 aliphatic heterocycles. The molecule has 0 amide bonds. The lowest BCUT2D eigenvalue weighted by molar-refractivity contribution is 0.0783. The van der Waals surface area contributed by atoms with E-state index in [1.54, 1.807) is 13.8 Å². The molecule has 1 nitrogen and oxygen atoms in total. The molecule has 0 aliphatic rings. The molecule has 2 aromatic rings. The SMILES string of the molecule is C=C(c1ccccc1)c1ccccc1C(C)(C)O. The first-order valence-corrected chi connectivity index (χ1v) is 6.07. The Bertz CT molecular complexity index is 547. The second-order valence-electron chi connectivity index (χ2n) is 4.95. The molecule has 92 valence electrons. The van der Waals surface area contributed by atoms with E-state index in [9.17, 15) is 5.11 Å². The maximum Gasteiger partial charge on any atom is 0.0846 e. The summed E-state index contributed by atoms with van der Waals surface area (Å²) in [6.45, 7) is 7.75. The predicted octanol–water partition coefficient (Wildman–Crippen LogP) is 3.98. The minimum atomic E-state index is -0.867. The van der Waals surface area contributed by atoms with Crippen molar-refractivity contribution >= 4 is 5.57 Å². The Morgan fingerprint density at radius 3 is 2.11 bits per heavy atom. The summed E-state index contributed by atoms with van der Waals surface area (Å²) >= 11 is 0. The first-order chi connectivity index (χ1) is 8.50. The Balaban J connectivity index is 2.50. The summed E-state index contributed by atoms with van der Waals surface area (Å²) in [5.41, 5.74) is 3.05. The van der Waals surface area contributed by atoms with Crippen LogP contribution in [-0.4, -0.2) is 5.11 Å². The van der Waals surface area contributed by atoms with Gasteiger partial charge in [0.2, 0.25) is 0 Å². The van der Waals surface area contributed by atoms with Gasteiger partial charge >= 0.3 is 0 Å². The zero-order valence-corrected chi connectivity index (χ0v) is 10.9. The smallest absolute Gasteiger partial charge is 0.0846 e. The first kappa shape index (κ1) is 12.6. The van der Waals surface area contributed by atoms with E-state index in [1.807, 2.05) is 54.6 Å². The van der Waals surface area contributed by atoms with Crippen molar-refractivity contribution in [3.05, 3.63) is 77.9 Å². The standard InChI is InChI=1S/C17H18O/c1-13(14-9-5-4-6-10-14)15-11-7-8-12-16(15)17(2,3)18/h4-12,18H,1H2,2-3H3. The Labute approximate surface area is 108 Å². The average Bonchev–Trinajstić information content (AvgIpc) is 2.38. The number of benzene rings is 2. The number of rotatable bonds is 3. The van der Waals surface area contributed by atoms with Gasteiger partial charge < -0.3 is 5.11 Å². The molecule has 18 heavy (non-hydrogen) atoms. The Morgan fingerprint density at radius 1 is 0.944 bits per heavy atom. The highest BCUT2D eigenvalue weighted by Gasteiger charge is 2.20. The lowest BCUT2D eigenvalue weighted by Crippen LogP contribution is -2.17. The van der Waals surface area contributed by atoms with Crippen LogP contribution < -0.4 is 0 Å². The molecule has 1 N–H and O–H groups in total. The van der Waals surface area contributed by atoms with Gasteiger partial charge in [-0.3, -0.25) is 0 Å². The molecular weight excluding hydrogens is 220 g/mol. The minimum absolute atomic E-state index is 0.867. The van der Waals surface area contributed by atoms with Crippen molar-refractivity contribution in [2.45, 2.75) is 19.4 Å². The normalized spacial score (nSPS) is 11.3. The van der Waals surface area contributed by atoms with Crippen LogP contribution in [0.4, 0.5) is 0 Å². The second-order valence-corrected chi connectivity index (χ2v) is 4.95. The van der Waals surface area contributed by atoms with Crippen molar-refractivity contribution in [3.8, 4) is 0 Å². The Kier molecular flexibility index (Phi) is 3.35. The van der Waals surface area contributed by atoms with Crippen LogP contribution >= 0.6 is 0 Å². The van der Waals surface area contributed by atoms with Crippen molar-refractivity contribution in [1.29, 1.82) is 0 Å². The molecule has 0 aromatic heterocycles. The summed E-state index contributed by atoms with van der Waals surface area (Å²) in [7, 11) is 0. The summed E-state index contributed by atoms with van der Waals surface area (Å²) in [5.74, 6) is 0. The van der Waals surface area contributed by atoms with Crippen molar-refractivity contribution in [3.63, 3.8) is 0 Å². The maximum atomic E-state index is 10.2. The van der Waals surface area contributed by atoms with Crippen molar-refractivity contribution in [2.24, 2.45) is 0 Å². The molecule has 0 unspecified atom stereocenters. The van der Waals surface area contributed by atoms with Crippen molar-refractivity contribution < 1.29 is 5.11 Å².